The van der Waals surface area contributed by atoms with Gasteiger partial charge in [-0.25, -0.2) is 0 Å². The van der Waals surface area contributed by atoms with Crippen molar-refractivity contribution in [3.05, 3.63) is 29.8 Å². The van der Waals surface area contributed by atoms with E-state index in [2.05, 4.69) is 32.2 Å². The number of hydrogen-bond acceptors (Lipinski definition) is 8. The van der Waals surface area contributed by atoms with Crippen molar-refractivity contribution in [3.8, 4) is 11.5 Å². The summed E-state index contributed by atoms with van der Waals surface area (Å²) >= 11 is 0. The summed E-state index contributed by atoms with van der Waals surface area (Å²) in [5.74, 6) is 0.922. The zero-order valence-electron chi connectivity index (χ0n) is 21.0. The second-order valence-corrected chi connectivity index (χ2v) is 9.83. The first-order chi connectivity index (χ1) is 16.3. The summed E-state index contributed by atoms with van der Waals surface area (Å²) in [7, 11) is 4.85. The molecule has 0 bridgehead atoms. The molecule has 1 aromatic carbocycles. The average Bonchev–Trinajstić information content (AvgIpc) is 3.74. The number of carbonyl (C=O) groups is 1. The van der Waals surface area contributed by atoms with Crippen molar-refractivity contribution in [3.63, 3.8) is 0 Å². The van der Waals surface area contributed by atoms with Crippen molar-refractivity contribution < 1.29 is 33.2 Å². The van der Waals surface area contributed by atoms with E-state index in [1.807, 2.05) is 6.07 Å². The Morgan fingerprint density at radius 1 is 1.24 bits per heavy atom. The van der Waals surface area contributed by atoms with Crippen molar-refractivity contribution in [2.45, 2.75) is 69.5 Å². The third-order valence-corrected chi connectivity index (χ3v) is 7.35. The predicted octanol–water partition coefficient (Wildman–Crippen LogP) is 3.74. The molecule has 3 aliphatic rings. The summed E-state index contributed by atoms with van der Waals surface area (Å²) in [6.07, 6.45) is 4.05. The Kier molecular flexibility index (Phi) is 7.12. The molecule has 2 saturated heterocycles. The summed E-state index contributed by atoms with van der Waals surface area (Å²) in [5.41, 5.74) is 1.36. The Morgan fingerprint density at radius 2 is 2.00 bits per heavy atom. The fraction of sp³-hybridized carbons (Fsp3) is 0.654. The highest BCUT2D eigenvalue weighted by Crippen LogP contribution is 2.59. The summed E-state index contributed by atoms with van der Waals surface area (Å²) in [6, 6.07) is 5.38. The maximum absolute atomic E-state index is 12.8. The summed E-state index contributed by atoms with van der Waals surface area (Å²) in [6.45, 7) is 7.03. The lowest BCUT2D eigenvalue weighted by Crippen LogP contribution is -2.55. The molecule has 2 heterocycles. The molecule has 6 atom stereocenters. The molecule has 4 rings (SSSR count). The standard InChI is InChI=1S/C26H37NO7/c1-16(2)7-10-21-25(3,34-21)24-23(31-6)19(11-12-26(24)15-32-26)33-22(28)14-27-18-9-8-17(29-4)13-20(18)30-5/h7-9,13,19,21,23-24,27H,10-12,14-15H2,1-6H3/t19-,21-,23-,24-,25-,26+/m1/s1. The number of allylic oxidation sites excluding steroid dienone is 1. The van der Waals surface area contributed by atoms with Gasteiger partial charge in [-0.1, -0.05) is 11.6 Å². The number of rotatable bonds is 10. The second-order valence-electron chi connectivity index (χ2n) is 9.83. The number of carbonyl (C=O) groups excluding carboxylic acids is 1. The largest absolute Gasteiger partial charge is 0.497 e. The van der Waals surface area contributed by atoms with Crippen LogP contribution < -0.4 is 14.8 Å². The van der Waals surface area contributed by atoms with Crippen molar-refractivity contribution in [2.24, 2.45) is 5.92 Å². The molecule has 8 heteroatoms. The lowest BCUT2D eigenvalue weighted by Gasteiger charge is -2.42. The molecule has 1 spiro atoms. The Balaban J connectivity index is 1.40. The van der Waals surface area contributed by atoms with Crippen molar-refractivity contribution >= 4 is 11.7 Å². The average molecular weight is 476 g/mol. The van der Waals surface area contributed by atoms with Crippen LogP contribution in [-0.4, -0.2) is 70.0 Å². The molecule has 188 valence electrons. The number of anilines is 1. The number of benzene rings is 1. The van der Waals surface area contributed by atoms with Crippen LogP contribution in [0.2, 0.25) is 0 Å². The Morgan fingerprint density at radius 3 is 2.62 bits per heavy atom. The highest BCUT2D eigenvalue weighted by atomic mass is 16.6. The van der Waals surface area contributed by atoms with Gasteiger partial charge < -0.3 is 33.7 Å². The first-order valence-corrected chi connectivity index (χ1v) is 11.9. The summed E-state index contributed by atoms with van der Waals surface area (Å²) < 4.78 is 34.7. The predicted molar refractivity (Wildman–Crippen MR) is 127 cm³/mol. The van der Waals surface area contributed by atoms with Crippen LogP contribution in [-0.2, 0) is 23.7 Å². The van der Waals surface area contributed by atoms with Gasteiger partial charge in [0.2, 0.25) is 0 Å². The molecule has 0 unspecified atom stereocenters. The molecule has 3 fully saturated rings. The molecule has 1 aromatic rings. The molecule has 0 amide bonds. The maximum Gasteiger partial charge on any atom is 0.325 e. The van der Waals surface area contributed by atoms with Gasteiger partial charge in [-0.3, -0.25) is 4.79 Å². The van der Waals surface area contributed by atoms with Crippen LogP contribution in [0.1, 0.15) is 40.0 Å². The summed E-state index contributed by atoms with van der Waals surface area (Å²) in [4.78, 5) is 12.8. The summed E-state index contributed by atoms with van der Waals surface area (Å²) in [5, 5.41) is 3.10. The quantitative estimate of drug-likeness (QED) is 0.311. The molecule has 1 N–H and O–H groups in total. The van der Waals surface area contributed by atoms with Crippen LogP contribution in [0.15, 0.2) is 29.8 Å². The van der Waals surface area contributed by atoms with E-state index in [9.17, 15) is 4.79 Å². The molecule has 0 radical (unpaired) electrons. The van der Waals surface area contributed by atoms with Crippen molar-refractivity contribution in [1.29, 1.82) is 0 Å². The second kappa shape index (κ2) is 9.76. The minimum absolute atomic E-state index is 0.00162. The van der Waals surface area contributed by atoms with Crippen LogP contribution in [0.25, 0.3) is 0 Å². The molecule has 34 heavy (non-hydrogen) atoms. The van der Waals surface area contributed by atoms with Crippen LogP contribution in [0.4, 0.5) is 5.69 Å². The van der Waals surface area contributed by atoms with Gasteiger partial charge in [-0.15, -0.1) is 0 Å². The third kappa shape index (κ3) is 4.90. The highest BCUT2D eigenvalue weighted by Gasteiger charge is 2.72. The van der Waals surface area contributed by atoms with Crippen LogP contribution in [0.3, 0.4) is 0 Å². The molecule has 2 aliphatic heterocycles. The molecule has 1 aliphatic carbocycles. The number of ether oxygens (including phenoxy) is 6. The highest BCUT2D eigenvalue weighted by molar-refractivity contribution is 5.76. The van der Waals surface area contributed by atoms with Crippen LogP contribution in [0, 0.1) is 5.92 Å². The fourth-order valence-electron chi connectivity index (χ4n) is 5.39. The number of nitrogens with one attached hydrogen (secondary N) is 1. The van der Waals surface area contributed by atoms with Gasteiger partial charge in [0.15, 0.2) is 0 Å². The van der Waals surface area contributed by atoms with E-state index < -0.39 is 0 Å². The van der Waals surface area contributed by atoms with E-state index in [0.29, 0.717) is 30.2 Å². The van der Waals surface area contributed by atoms with E-state index in [1.165, 1.54) is 5.57 Å². The number of esters is 1. The molecule has 8 nitrogen and oxygen atoms in total. The van der Waals surface area contributed by atoms with Crippen molar-refractivity contribution in [2.75, 3.05) is 39.8 Å². The Bertz CT molecular complexity index is 924. The van der Waals surface area contributed by atoms with Gasteiger partial charge in [-0.2, -0.15) is 0 Å². The number of methoxy groups -OCH3 is 3. The minimum Gasteiger partial charge on any atom is -0.497 e. The smallest absolute Gasteiger partial charge is 0.325 e. The fourth-order valence-corrected chi connectivity index (χ4v) is 5.39. The van der Waals surface area contributed by atoms with Gasteiger partial charge in [0.1, 0.15) is 41.5 Å². The molecular formula is C26H37NO7. The Labute approximate surface area is 201 Å². The van der Waals surface area contributed by atoms with E-state index in [0.717, 1.165) is 12.8 Å². The SMILES string of the molecule is COc1ccc(NCC(=O)O[C@@H]2CC[C@]3(CO3)[C@@H]([C@]3(C)O[C@@H]3CC=C(C)C)[C@@H]2OC)c(OC)c1. The zero-order chi connectivity index (χ0) is 24.5. The normalized spacial score (nSPS) is 33.7. The van der Waals surface area contributed by atoms with E-state index in [-0.39, 0.29) is 47.9 Å². The van der Waals surface area contributed by atoms with Gasteiger partial charge in [-0.05, 0) is 52.2 Å². The maximum atomic E-state index is 12.8. The first kappa shape index (κ1) is 24.8. The van der Waals surface area contributed by atoms with Gasteiger partial charge in [0, 0.05) is 13.2 Å². The molecule has 1 saturated carbocycles. The molecule has 0 aromatic heterocycles. The van der Waals surface area contributed by atoms with Gasteiger partial charge in [0.25, 0.3) is 0 Å². The minimum atomic E-state index is -0.359. The van der Waals surface area contributed by atoms with E-state index in [1.54, 1.807) is 33.5 Å². The Hall–Kier alpha value is -2.29. The van der Waals surface area contributed by atoms with Crippen LogP contribution in [0.5, 0.6) is 11.5 Å². The first-order valence-electron chi connectivity index (χ1n) is 11.9. The van der Waals surface area contributed by atoms with E-state index >= 15 is 0 Å². The van der Waals surface area contributed by atoms with Gasteiger partial charge >= 0.3 is 5.97 Å². The third-order valence-electron chi connectivity index (χ3n) is 7.35. The van der Waals surface area contributed by atoms with Gasteiger partial charge in [0.05, 0.1) is 38.5 Å². The van der Waals surface area contributed by atoms with E-state index in [4.69, 9.17) is 28.4 Å². The monoisotopic (exact) mass is 475 g/mol. The lowest BCUT2D eigenvalue weighted by molar-refractivity contribution is -0.170. The number of epoxide rings is 2. The molecular weight excluding hydrogens is 438 g/mol. The van der Waals surface area contributed by atoms with Crippen molar-refractivity contribution in [1.82, 2.24) is 0 Å². The number of hydrogen-bond donors (Lipinski definition) is 1. The topological polar surface area (TPSA) is 91.1 Å². The lowest BCUT2D eigenvalue weighted by atomic mass is 9.68. The zero-order valence-corrected chi connectivity index (χ0v) is 21.0. The van der Waals surface area contributed by atoms with Crippen LogP contribution >= 0.6 is 0 Å².